The molecule has 5 nitrogen and oxygen atoms in total. The summed E-state index contributed by atoms with van der Waals surface area (Å²) < 4.78 is 12.9. The Labute approximate surface area is 186 Å². The Bertz CT molecular complexity index is 1300. The van der Waals surface area contributed by atoms with Crippen molar-refractivity contribution in [3.8, 4) is 23.3 Å². The lowest BCUT2D eigenvalue weighted by Gasteiger charge is -2.08. The molecule has 0 saturated carbocycles. The fraction of sp³-hybridized carbons (Fsp3) is 0.0370. The summed E-state index contributed by atoms with van der Waals surface area (Å²) in [5.74, 6) is 0.567. The molecule has 0 amide bonds. The van der Waals surface area contributed by atoms with Gasteiger partial charge in [0.15, 0.2) is 0 Å². The summed E-state index contributed by atoms with van der Waals surface area (Å²) in [5.41, 5.74) is 3.29. The average molecular weight is 420 g/mol. The molecule has 0 aliphatic carbocycles. The molecule has 1 aromatic heterocycles. The number of para-hydroxylation sites is 1. The van der Waals surface area contributed by atoms with E-state index in [-0.39, 0.29) is 0 Å². The van der Waals surface area contributed by atoms with Crippen LogP contribution in [-0.2, 0) is 0 Å². The average Bonchev–Trinajstić information content (AvgIpc) is 3.38. The van der Waals surface area contributed by atoms with Crippen molar-refractivity contribution in [1.82, 2.24) is 4.57 Å². The van der Waals surface area contributed by atoms with Crippen LogP contribution >= 0.6 is 0 Å². The number of benzene rings is 3. The Morgan fingerprint density at radius 1 is 0.938 bits per heavy atom. The highest BCUT2D eigenvalue weighted by atomic mass is 16.5. The maximum absolute atomic E-state index is 12.6. The minimum atomic E-state index is -0.449. The van der Waals surface area contributed by atoms with Crippen molar-refractivity contribution in [3.05, 3.63) is 114 Å². The van der Waals surface area contributed by atoms with Crippen LogP contribution in [0.5, 0.6) is 11.5 Å². The van der Waals surface area contributed by atoms with Crippen LogP contribution in [0.25, 0.3) is 17.3 Å². The van der Waals surface area contributed by atoms with Crippen molar-refractivity contribution in [3.63, 3.8) is 0 Å². The van der Waals surface area contributed by atoms with Crippen LogP contribution in [0.4, 0.5) is 0 Å². The van der Waals surface area contributed by atoms with E-state index in [1.165, 1.54) is 0 Å². The summed E-state index contributed by atoms with van der Waals surface area (Å²) in [5, 5.41) is 9.65. The molecular weight excluding hydrogens is 400 g/mol. The number of carbonyl (C=O) groups is 1. The largest absolute Gasteiger partial charge is 0.496 e. The third kappa shape index (κ3) is 4.61. The molecule has 0 atom stereocenters. The molecule has 0 spiro atoms. The standard InChI is InChI=1S/C27H20N2O3/c1-31-26-10-3-2-9-25(26)22(19-28)17-20-7-6-8-24(18-20)32-27(30)21-11-13-23(14-12-21)29-15-4-5-16-29/h2-18H,1H3/b22-17-. The van der Waals surface area contributed by atoms with Crippen LogP contribution in [0.1, 0.15) is 21.5 Å². The first-order chi connectivity index (χ1) is 15.7. The van der Waals surface area contributed by atoms with E-state index in [0.717, 1.165) is 11.3 Å². The molecule has 0 aliphatic rings. The number of rotatable bonds is 6. The Morgan fingerprint density at radius 2 is 1.69 bits per heavy atom. The molecule has 4 aromatic rings. The van der Waals surface area contributed by atoms with Crippen LogP contribution < -0.4 is 9.47 Å². The molecule has 0 saturated heterocycles. The first-order valence-electron chi connectivity index (χ1n) is 9.99. The zero-order valence-corrected chi connectivity index (χ0v) is 17.4. The van der Waals surface area contributed by atoms with Gasteiger partial charge in [-0.2, -0.15) is 5.26 Å². The maximum atomic E-state index is 12.6. The van der Waals surface area contributed by atoms with Crippen molar-refractivity contribution in [1.29, 1.82) is 5.26 Å². The van der Waals surface area contributed by atoms with Crippen LogP contribution in [0.15, 0.2) is 97.3 Å². The second kappa shape index (κ2) is 9.50. The quantitative estimate of drug-likeness (QED) is 0.172. The fourth-order valence-electron chi connectivity index (χ4n) is 3.31. The Balaban J connectivity index is 1.53. The molecule has 0 unspecified atom stereocenters. The maximum Gasteiger partial charge on any atom is 0.343 e. The number of nitrogens with zero attached hydrogens (tertiary/aromatic N) is 2. The van der Waals surface area contributed by atoms with E-state index in [4.69, 9.17) is 9.47 Å². The van der Waals surface area contributed by atoms with Gasteiger partial charge in [0.2, 0.25) is 0 Å². The Hall–Kier alpha value is -4.56. The zero-order valence-electron chi connectivity index (χ0n) is 17.4. The van der Waals surface area contributed by atoms with E-state index in [1.54, 1.807) is 49.6 Å². The molecule has 5 heteroatoms. The van der Waals surface area contributed by atoms with E-state index in [1.807, 2.05) is 65.5 Å². The second-order valence-electron chi connectivity index (χ2n) is 6.97. The SMILES string of the molecule is COc1ccccc1/C(C#N)=C\c1cccc(OC(=O)c2ccc(-n3cccc3)cc2)c1. The summed E-state index contributed by atoms with van der Waals surface area (Å²) >= 11 is 0. The van der Waals surface area contributed by atoms with Crippen molar-refractivity contribution in [2.24, 2.45) is 0 Å². The first-order valence-corrected chi connectivity index (χ1v) is 9.99. The van der Waals surface area contributed by atoms with Gasteiger partial charge in [-0.25, -0.2) is 4.79 Å². The first kappa shape index (κ1) is 20.7. The number of methoxy groups -OCH3 is 1. The van der Waals surface area contributed by atoms with Crippen molar-refractivity contribution in [2.45, 2.75) is 0 Å². The highest BCUT2D eigenvalue weighted by molar-refractivity contribution is 5.93. The molecule has 3 aromatic carbocycles. The van der Waals surface area contributed by atoms with E-state index < -0.39 is 5.97 Å². The third-order valence-electron chi connectivity index (χ3n) is 4.90. The topological polar surface area (TPSA) is 64.2 Å². The molecule has 32 heavy (non-hydrogen) atoms. The normalized spacial score (nSPS) is 10.9. The van der Waals surface area contributed by atoms with Gasteiger partial charge in [-0.1, -0.05) is 24.3 Å². The van der Waals surface area contributed by atoms with E-state index in [9.17, 15) is 10.1 Å². The van der Waals surface area contributed by atoms with Gasteiger partial charge >= 0.3 is 5.97 Å². The number of esters is 1. The highest BCUT2D eigenvalue weighted by Crippen LogP contribution is 2.28. The van der Waals surface area contributed by atoms with Gasteiger partial charge in [0.05, 0.1) is 24.3 Å². The van der Waals surface area contributed by atoms with Crippen LogP contribution in [0.3, 0.4) is 0 Å². The van der Waals surface area contributed by atoms with Crippen molar-refractivity contribution >= 4 is 17.6 Å². The van der Waals surface area contributed by atoms with Crippen molar-refractivity contribution < 1.29 is 14.3 Å². The van der Waals surface area contributed by atoms with Gasteiger partial charge in [-0.3, -0.25) is 0 Å². The Morgan fingerprint density at radius 3 is 2.41 bits per heavy atom. The lowest BCUT2D eigenvalue weighted by atomic mass is 10.0. The minimum Gasteiger partial charge on any atom is -0.496 e. The van der Waals surface area contributed by atoms with Gasteiger partial charge in [-0.05, 0) is 72.3 Å². The predicted molar refractivity (Wildman–Crippen MR) is 124 cm³/mol. The smallest absolute Gasteiger partial charge is 0.343 e. The molecule has 0 aliphatic heterocycles. The summed E-state index contributed by atoms with van der Waals surface area (Å²) in [7, 11) is 1.57. The van der Waals surface area contributed by atoms with Gasteiger partial charge in [0, 0.05) is 23.6 Å². The number of aromatic nitrogens is 1. The summed E-state index contributed by atoms with van der Waals surface area (Å²) in [6.45, 7) is 0. The molecule has 0 radical (unpaired) electrons. The summed E-state index contributed by atoms with van der Waals surface area (Å²) in [4.78, 5) is 12.6. The molecule has 156 valence electrons. The third-order valence-corrected chi connectivity index (χ3v) is 4.90. The van der Waals surface area contributed by atoms with Crippen LogP contribution in [-0.4, -0.2) is 17.6 Å². The lowest BCUT2D eigenvalue weighted by molar-refractivity contribution is 0.0735. The molecule has 1 heterocycles. The molecule has 4 rings (SSSR count). The summed E-state index contributed by atoms with van der Waals surface area (Å²) in [6, 6.07) is 27.7. The van der Waals surface area contributed by atoms with Crippen molar-refractivity contribution in [2.75, 3.05) is 7.11 Å². The Kier molecular flexibility index (Phi) is 6.15. The number of hydrogen-bond donors (Lipinski definition) is 0. The second-order valence-corrected chi connectivity index (χ2v) is 6.97. The van der Waals surface area contributed by atoms with Gasteiger partial charge in [0.25, 0.3) is 0 Å². The molecule has 0 fully saturated rings. The van der Waals surface area contributed by atoms with Crippen LogP contribution in [0, 0.1) is 11.3 Å². The predicted octanol–water partition coefficient (Wildman–Crippen LogP) is 5.77. The van der Waals surface area contributed by atoms with E-state index >= 15 is 0 Å². The van der Waals surface area contributed by atoms with E-state index in [2.05, 4.69) is 6.07 Å². The number of hydrogen-bond acceptors (Lipinski definition) is 4. The van der Waals surface area contributed by atoms with Gasteiger partial charge in [-0.15, -0.1) is 0 Å². The number of nitriles is 1. The van der Waals surface area contributed by atoms with Crippen LogP contribution in [0.2, 0.25) is 0 Å². The molecule has 0 N–H and O–H groups in total. The van der Waals surface area contributed by atoms with Gasteiger partial charge < -0.3 is 14.0 Å². The zero-order chi connectivity index (χ0) is 22.3. The number of ether oxygens (including phenoxy) is 2. The molecule has 0 bridgehead atoms. The fourth-order valence-corrected chi connectivity index (χ4v) is 3.31. The summed E-state index contributed by atoms with van der Waals surface area (Å²) in [6.07, 6.45) is 5.61. The molecular formula is C27H20N2O3. The highest BCUT2D eigenvalue weighted by Gasteiger charge is 2.11. The monoisotopic (exact) mass is 420 g/mol. The number of carbonyl (C=O) groups excluding carboxylic acids is 1. The lowest BCUT2D eigenvalue weighted by Crippen LogP contribution is -2.08. The minimum absolute atomic E-state index is 0.399. The van der Waals surface area contributed by atoms with E-state index in [0.29, 0.717) is 28.2 Å². The number of allylic oxidation sites excluding steroid dienone is 1. The van der Waals surface area contributed by atoms with Gasteiger partial charge in [0.1, 0.15) is 11.5 Å².